The summed E-state index contributed by atoms with van der Waals surface area (Å²) in [5.41, 5.74) is 5.81. The summed E-state index contributed by atoms with van der Waals surface area (Å²) in [4.78, 5) is 30.7. The molecule has 2 aliphatic heterocycles. The molecule has 9 heteroatoms. The van der Waals surface area contributed by atoms with Gasteiger partial charge in [-0.1, -0.05) is 24.3 Å². The van der Waals surface area contributed by atoms with Crippen molar-refractivity contribution >= 4 is 27.7 Å². The molecular formula is C34H43N7O2. The number of fused-ring (bicyclic) bond motifs is 4. The smallest absolute Gasteiger partial charge is 0.242 e. The van der Waals surface area contributed by atoms with Gasteiger partial charge in [0.2, 0.25) is 5.91 Å². The third-order valence-corrected chi connectivity index (χ3v) is 9.50. The van der Waals surface area contributed by atoms with Crippen molar-refractivity contribution in [3.63, 3.8) is 0 Å². The number of pyridine rings is 2. The van der Waals surface area contributed by atoms with Crippen LogP contribution in [0.25, 0.3) is 21.8 Å². The second-order valence-corrected chi connectivity index (χ2v) is 12.1. The van der Waals surface area contributed by atoms with Crippen molar-refractivity contribution < 1.29 is 9.53 Å². The van der Waals surface area contributed by atoms with E-state index in [2.05, 4.69) is 62.1 Å². The summed E-state index contributed by atoms with van der Waals surface area (Å²) in [6.07, 6.45) is 8.37. The van der Waals surface area contributed by atoms with Gasteiger partial charge in [0.25, 0.3) is 0 Å². The number of nitrogens with zero attached hydrogens (tertiary/aromatic N) is 6. The van der Waals surface area contributed by atoms with Crippen LogP contribution in [0.4, 0.5) is 0 Å². The van der Waals surface area contributed by atoms with Crippen LogP contribution in [-0.4, -0.2) is 101 Å². The highest BCUT2D eigenvalue weighted by Crippen LogP contribution is 2.36. The summed E-state index contributed by atoms with van der Waals surface area (Å²) >= 11 is 0. The van der Waals surface area contributed by atoms with Crippen LogP contribution in [0.15, 0.2) is 54.9 Å². The number of rotatable bonds is 9. The van der Waals surface area contributed by atoms with Crippen molar-refractivity contribution in [2.24, 2.45) is 0 Å². The van der Waals surface area contributed by atoms with Gasteiger partial charge in [-0.25, -0.2) is 0 Å². The highest BCUT2D eigenvalue weighted by molar-refractivity contribution is 6.09. The van der Waals surface area contributed by atoms with Gasteiger partial charge in [-0.2, -0.15) is 0 Å². The molecule has 5 heterocycles. The van der Waals surface area contributed by atoms with E-state index in [1.54, 1.807) is 0 Å². The van der Waals surface area contributed by atoms with E-state index >= 15 is 0 Å². The lowest BCUT2D eigenvalue weighted by atomic mass is 9.90. The molecule has 1 atom stereocenters. The molecule has 0 radical (unpaired) electrons. The molecule has 1 aliphatic carbocycles. The molecule has 7 rings (SSSR count). The van der Waals surface area contributed by atoms with Crippen molar-refractivity contribution in [3.8, 4) is 0 Å². The number of ether oxygens (including phenoxy) is 1. The minimum Gasteiger partial charge on any atom is -0.378 e. The van der Waals surface area contributed by atoms with Crippen molar-refractivity contribution in [1.82, 2.24) is 34.6 Å². The number of piperazine rings is 1. The van der Waals surface area contributed by atoms with Gasteiger partial charge in [0, 0.05) is 81.0 Å². The summed E-state index contributed by atoms with van der Waals surface area (Å²) in [6.45, 7) is 10.00. The number of nitrogens with one attached hydrogen (secondary N) is 1. The molecule has 2 fully saturated rings. The molecule has 0 bridgehead atoms. The zero-order valence-electron chi connectivity index (χ0n) is 25.1. The molecule has 1 aromatic carbocycles. The number of para-hydroxylation sites is 1. The average Bonchev–Trinajstić information content (AvgIpc) is 3.39. The molecule has 3 aliphatic rings. The topological polar surface area (TPSA) is 78.8 Å². The number of benzene rings is 1. The molecule has 0 spiro atoms. The number of hydrogen-bond donors (Lipinski definition) is 1. The third kappa shape index (κ3) is 6.04. The highest BCUT2D eigenvalue weighted by atomic mass is 16.5. The second kappa shape index (κ2) is 13.1. The van der Waals surface area contributed by atoms with Gasteiger partial charge in [0.05, 0.1) is 36.2 Å². The summed E-state index contributed by atoms with van der Waals surface area (Å²) in [5, 5.41) is 5.81. The first-order chi connectivity index (χ1) is 21.3. The summed E-state index contributed by atoms with van der Waals surface area (Å²) in [6, 6.07) is 15.2. The number of aryl methyl sites for hydroxylation is 1. The molecule has 2 saturated heterocycles. The quantitative estimate of drug-likeness (QED) is 0.324. The Bertz CT molecular complexity index is 1560. The standard InChI is InChI=1S/C34H43N7O2/c42-32(39-20-22-43-23-21-39)25-41-30-9-2-1-8-27(30)28-11-13-36-29(34(28)41)24-40(17-5-16-38-18-14-35-15-19-38)31-10-3-6-26-7-4-12-37-33(26)31/h1-2,4,7-9,11-13,31,35H,3,5-6,10,14-25H2/t31-/m0/s1. The number of carbonyl (C=O) groups is 1. The van der Waals surface area contributed by atoms with Crippen LogP contribution in [0.1, 0.15) is 42.3 Å². The van der Waals surface area contributed by atoms with Crippen molar-refractivity contribution in [1.29, 1.82) is 0 Å². The van der Waals surface area contributed by atoms with Crippen molar-refractivity contribution in [3.05, 3.63) is 71.8 Å². The summed E-state index contributed by atoms with van der Waals surface area (Å²) in [7, 11) is 0. The normalized spacial score (nSPS) is 19.7. The Morgan fingerprint density at radius 2 is 1.84 bits per heavy atom. The maximum Gasteiger partial charge on any atom is 0.242 e. The van der Waals surface area contributed by atoms with Gasteiger partial charge in [-0.3, -0.25) is 19.7 Å². The zero-order valence-corrected chi connectivity index (χ0v) is 25.1. The molecule has 3 aromatic heterocycles. The van der Waals surface area contributed by atoms with Crippen LogP contribution in [-0.2, 0) is 29.0 Å². The fourth-order valence-corrected chi connectivity index (χ4v) is 7.31. The van der Waals surface area contributed by atoms with Gasteiger partial charge in [0.1, 0.15) is 6.54 Å². The molecule has 43 heavy (non-hydrogen) atoms. The van der Waals surface area contributed by atoms with E-state index in [-0.39, 0.29) is 11.9 Å². The third-order valence-electron chi connectivity index (χ3n) is 9.50. The lowest BCUT2D eigenvalue weighted by Crippen LogP contribution is -2.44. The number of morpholine rings is 1. The first-order valence-electron chi connectivity index (χ1n) is 16.1. The van der Waals surface area contributed by atoms with Crippen LogP contribution >= 0.6 is 0 Å². The van der Waals surface area contributed by atoms with E-state index in [0.29, 0.717) is 32.8 Å². The van der Waals surface area contributed by atoms with Crippen LogP contribution < -0.4 is 5.32 Å². The second-order valence-electron chi connectivity index (χ2n) is 12.1. The van der Waals surface area contributed by atoms with E-state index in [1.807, 2.05) is 17.3 Å². The molecule has 9 nitrogen and oxygen atoms in total. The molecule has 0 unspecified atom stereocenters. The van der Waals surface area contributed by atoms with Gasteiger partial charge in [-0.15, -0.1) is 0 Å². The Balaban J connectivity index is 1.24. The fourth-order valence-electron chi connectivity index (χ4n) is 7.31. The van der Waals surface area contributed by atoms with E-state index in [4.69, 9.17) is 14.7 Å². The number of hydrogen-bond acceptors (Lipinski definition) is 7. The minimum atomic E-state index is 0.138. The fraction of sp³-hybridized carbons (Fsp3) is 0.500. The van der Waals surface area contributed by atoms with Gasteiger partial charge in [-0.05, 0) is 56.0 Å². The molecular weight excluding hydrogens is 538 g/mol. The summed E-state index contributed by atoms with van der Waals surface area (Å²) in [5.74, 6) is 0.138. The average molecular weight is 582 g/mol. The maximum atomic E-state index is 13.6. The Morgan fingerprint density at radius 1 is 0.977 bits per heavy atom. The van der Waals surface area contributed by atoms with Gasteiger partial charge >= 0.3 is 0 Å². The number of carbonyl (C=O) groups excluding carboxylic acids is 1. The molecule has 226 valence electrons. The van der Waals surface area contributed by atoms with Gasteiger partial charge < -0.3 is 24.4 Å². The minimum absolute atomic E-state index is 0.138. The Morgan fingerprint density at radius 3 is 2.72 bits per heavy atom. The Hall–Kier alpha value is -3.37. The van der Waals surface area contributed by atoms with Gasteiger partial charge in [0.15, 0.2) is 0 Å². The van der Waals surface area contributed by atoms with E-state index < -0.39 is 0 Å². The number of aromatic nitrogens is 3. The maximum absolute atomic E-state index is 13.6. The van der Waals surface area contributed by atoms with E-state index in [1.165, 1.54) is 28.5 Å². The Kier molecular flexibility index (Phi) is 8.65. The van der Waals surface area contributed by atoms with E-state index in [0.717, 1.165) is 81.8 Å². The Labute approximate surface area is 253 Å². The SMILES string of the molecule is O=C(Cn1c2ccccc2c2ccnc(CN(CCCN3CCNCC3)[C@H]3CCCc4cccnc43)c21)N1CCOCC1. The molecule has 1 amide bonds. The molecule has 1 N–H and O–H groups in total. The lowest BCUT2D eigenvalue weighted by molar-refractivity contribution is -0.135. The summed E-state index contributed by atoms with van der Waals surface area (Å²) < 4.78 is 7.73. The van der Waals surface area contributed by atoms with Crippen molar-refractivity contribution in [2.75, 3.05) is 65.6 Å². The highest BCUT2D eigenvalue weighted by Gasteiger charge is 2.29. The van der Waals surface area contributed by atoms with Crippen LogP contribution in [0.2, 0.25) is 0 Å². The monoisotopic (exact) mass is 581 g/mol. The first kappa shape index (κ1) is 28.4. The first-order valence-corrected chi connectivity index (χ1v) is 16.1. The number of amides is 1. The van der Waals surface area contributed by atoms with Crippen LogP contribution in [0.5, 0.6) is 0 Å². The predicted molar refractivity (Wildman–Crippen MR) is 169 cm³/mol. The van der Waals surface area contributed by atoms with Crippen LogP contribution in [0, 0.1) is 0 Å². The largest absolute Gasteiger partial charge is 0.378 e. The molecule has 4 aromatic rings. The molecule has 0 saturated carbocycles. The van der Waals surface area contributed by atoms with Crippen molar-refractivity contribution in [2.45, 2.75) is 44.8 Å². The lowest BCUT2D eigenvalue weighted by Gasteiger charge is -2.36. The van der Waals surface area contributed by atoms with E-state index in [9.17, 15) is 4.79 Å². The van der Waals surface area contributed by atoms with Crippen LogP contribution in [0.3, 0.4) is 0 Å². The predicted octanol–water partition coefficient (Wildman–Crippen LogP) is 3.62. The zero-order chi connectivity index (χ0) is 29.0.